The van der Waals surface area contributed by atoms with Gasteiger partial charge in [0.25, 0.3) is 0 Å². The van der Waals surface area contributed by atoms with E-state index in [1.807, 2.05) is 19.1 Å². The predicted molar refractivity (Wildman–Crippen MR) is 72.9 cm³/mol. The van der Waals surface area contributed by atoms with Crippen LogP contribution in [0, 0.1) is 5.82 Å². The normalized spacial score (nSPS) is 13.4. The number of hydrogen-bond donors (Lipinski definition) is 3. The molecule has 2 rings (SSSR count). The molecule has 0 aliphatic carbocycles. The van der Waals surface area contributed by atoms with Gasteiger partial charge in [-0.15, -0.1) is 0 Å². The molecule has 0 radical (unpaired) electrons. The van der Waals surface area contributed by atoms with Crippen LogP contribution in [0.25, 0.3) is 0 Å². The van der Waals surface area contributed by atoms with Crippen molar-refractivity contribution in [2.24, 2.45) is 10.9 Å². The molecule has 0 saturated carbocycles. The maximum atomic E-state index is 13.5. The summed E-state index contributed by atoms with van der Waals surface area (Å²) in [6, 6.07) is 7.96. The second kappa shape index (κ2) is 6.21. The molecule has 0 bridgehead atoms. The minimum Gasteiger partial charge on any atom is -0.468 e. The van der Waals surface area contributed by atoms with Crippen molar-refractivity contribution in [2.75, 3.05) is 0 Å². The lowest BCUT2D eigenvalue weighted by Crippen LogP contribution is -2.19. The summed E-state index contributed by atoms with van der Waals surface area (Å²) in [6.07, 6.45) is 1.60. The molecule has 1 atom stereocenters. The molecule has 0 fully saturated rings. The van der Waals surface area contributed by atoms with Crippen molar-refractivity contribution in [3.05, 3.63) is 59.3 Å². The van der Waals surface area contributed by atoms with Gasteiger partial charge < -0.3 is 20.7 Å². The number of hydrogen-bond acceptors (Lipinski definition) is 4. The van der Waals surface area contributed by atoms with E-state index in [4.69, 9.17) is 15.4 Å². The zero-order valence-electron chi connectivity index (χ0n) is 11.0. The molecular formula is C14H16FN3O2. The highest BCUT2D eigenvalue weighted by molar-refractivity contribution is 5.97. The first-order valence-electron chi connectivity index (χ1n) is 6.14. The number of benzene rings is 1. The lowest BCUT2D eigenvalue weighted by atomic mass is 10.1. The highest BCUT2D eigenvalue weighted by Gasteiger charge is 2.09. The largest absolute Gasteiger partial charge is 0.468 e. The van der Waals surface area contributed by atoms with Crippen molar-refractivity contribution in [1.29, 1.82) is 0 Å². The number of nitrogens with two attached hydrogens (primary N) is 1. The fourth-order valence-electron chi connectivity index (χ4n) is 1.87. The Kier molecular flexibility index (Phi) is 4.37. The highest BCUT2D eigenvalue weighted by atomic mass is 19.1. The Morgan fingerprint density at radius 2 is 2.30 bits per heavy atom. The molecular weight excluding hydrogens is 261 g/mol. The van der Waals surface area contributed by atoms with Gasteiger partial charge in [-0.3, -0.25) is 0 Å². The average Bonchev–Trinajstić information content (AvgIpc) is 2.97. The lowest BCUT2D eigenvalue weighted by Gasteiger charge is -2.12. The van der Waals surface area contributed by atoms with Crippen LogP contribution < -0.4 is 11.1 Å². The van der Waals surface area contributed by atoms with Gasteiger partial charge in [0.05, 0.1) is 12.3 Å². The first-order valence-corrected chi connectivity index (χ1v) is 6.14. The quantitative estimate of drug-likeness (QED) is 0.339. The van der Waals surface area contributed by atoms with Gasteiger partial charge in [-0.25, -0.2) is 4.39 Å². The van der Waals surface area contributed by atoms with Gasteiger partial charge in [0, 0.05) is 12.1 Å². The summed E-state index contributed by atoms with van der Waals surface area (Å²) < 4.78 is 18.8. The smallest absolute Gasteiger partial charge is 0.170 e. The summed E-state index contributed by atoms with van der Waals surface area (Å²) in [7, 11) is 0. The summed E-state index contributed by atoms with van der Waals surface area (Å²) in [5.74, 6) is 0.249. The molecule has 0 aliphatic rings. The lowest BCUT2D eigenvalue weighted by molar-refractivity contribution is 0.318. The molecule has 0 amide bonds. The number of amidine groups is 1. The Morgan fingerprint density at radius 1 is 1.50 bits per heavy atom. The Labute approximate surface area is 115 Å². The third-order valence-corrected chi connectivity index (χ3v) is 2.94. The van der Waals surface area contributed by atoms with Crippen LogP contribution >= 0.6 is 0 Å². The van der Waals surface area contributed by atoms with Gasteiger partial charge in [0.2, 0.25) is 0 Å². The van der Waals surface area contributed by atoms with Gasteiger partial charge in [-0.2, -0.15) is 0 Å². The molecule has 0 unspecified atom stereocenters. The first-order chi connectivity index (χ1) is 9.60. The van der Waals surface area contributed by atoms with Gasteiger partial charge in [0.1, 0.15) is 11.6 Å². The molecule has 5 nitrogen and oxygen atoms in total. The minimum absolute atomic E-state index is 0.000531. The fourth-order valence-corrected chi connectivity index (χ4v) is 1.87. The van der Waals surface area contributed by atoms with E-state index < -0.39 is 5.82 Å². The van der Waals surface area contributed by atoms with E-state index in [0.717, 1.165) is 5.76 Å². The maximum Gasteiger partial charge on any atom is 0.170 e. The molecule has 106 valence electrons. The van der Waals surface area contributed by atoms with Gasteiger partial charge in [0.15, 0.2) is 5.84 Å². The SMILES string of the molecule is C[C@H](NCc1cc(F)cc(/C(N)=N/O)c1)c1ccco1. The molecule has 1 heterocycles. The van der Waals surface area contributed by atoms with E-state index in [0.29, 0.717) is 17.7 Å². The Bertz CT molecular complexity index is 596. The van der Waals surface area contributed by atoms with Crippen LogP contribution in [0.3, 0.4) is 0 Å². The monoisotopic (exact) mass is 277 g/mol. The molecule has 0 saturated heterocycles. The number of oxime groups is 1. The maximum absolute atomic E-state index is 13.5. The van der Waals surface area contributed by atoms with Crippen molar-refractivity contribution in [3.8, 4) is 0 Å². The Hall–Kier alpha value is -2.34. The van der Waals surface area contributed by atoms with Crippen LogP contribution in [-0.2, 0) is 6.54 Å². The van der Waals surface area contributed by atoms with E-state index in [1.54, 1.807) is 12.3 Å². The molecule has 1 aromatic carbocycles. The molecule has 6 heteroatoms. The summed E-state index contributed by atoms with van der Waals surface area (Å²) in [5.41, 5.74) is 6.50. The fraction of sp³-hybridized carbons (Fsp3) is 0.214. The summed E-state index contributed by atoms with van der Waals surface area (Å²) in [4.78, 5) is 0. The van der Waals surface area contributed by atoms with Crippen LogP contribution in [0.4, 0.5) is 4.39 Å². The van der Waals surface area contributed by atoms with E-state index in [-0.39, 0.29) is 11.9 Å². The third-order valence-electron chi connectivity index (χ3n) is 2.94. The zero-order valence-corrected chi connectivity index (χ0v) is 11.0. The zero-order chi connectivity index (χ0) is 14.5. The van der Waals surface area contributed by atoms with Crippen LogP contribution in [0.1, 0.15) is 29.9 Å². The van der Waals surface area contributed by atoms with Crippen molar-refractivity contribution in [3.63, 3.8) is 0 Å². The van der Waals surface area contributed by atoms with Crippen LogP contribution in [0.5, 0.6) is 0 Å². The van der Waals surface area contributed by atoms with Crippen LogP contribution in [-0.4, -0.2) is 11.0 Å². The van der Waals surface area contributed by atoms with E-state index in [9.17, 15) is 4.39 Å². The molecule has 0 spiro atoms. The predicted octanol–water partition coefficient (Wildman–Crippen LogP) is 2.36. The minimum atomic E-state index is -0.434. The van der Waals surface area contributed by atoms with Crippen LogP contribution in [0.15, 0.2) is 46.2 Å². The van der Waals surface area contributed by atoms with E-state index in [1.165, 1.54) is 12.1 Å². The van der Waals surface area contributed by atoms with Crippen molar-refractivity contribution < 1.29 is 14.0 Å². The van der Waals surface area contributed by atoms with Crippen molar-refractivity contribution in [2.45, 2.75) is 19.5 Å². The molecule has 0 aliphatic heterocycles. The van der Waals surface area contributed by atoms with Crippen LogP contribution in [0.2, 0.25) is 0 Å². The number of rotatable bonds is 5. The van der Waals surface area contributed by atoms with Crippen molar-refractivity contribution >= 4 is 5.84 Å². The third kappa shape index (κ3) is 3.36. The Balaban J connectivity index is 2.08. The van der Waals surface area contributed by atoms with Gasteiger partial charge in [-0.05, 0) is 42.8 Å². The second-order valence-electron chi connectivity index (χ2n) is 4.45. The number of nitrogens with one attached hydrogen (secondary N) is 1. The topological polar surface area (TPSA) is 83.8 Å². The number of nitrogens with zero attached hydrogens (tertiary/aromatic N) is 1. The summed E-state index contributed by atoms with van der Waals surface area (Å²) in [6.45, 7) is 2.38. The summed E-state index contributed by atoms with van der Waals surface area (Å²) >= 11 is 0. The Morgan fingerprint density at radius 3 is 2.95 bits per heavy atom. The highest BCUT2D eigenvalue weighted by Crippen LogP contribution is 2.14. The number of halogens is 1. The van der Waals surface area contributed by atoms with E-state index >= 15 is 0 Å². The standard InChI is InChI=1S/C14H16FN3O2/c1-9(13-3-2-4-20-13)17-8-10-5-11(14(16)18-19)7-12(15)6-10/h2-7,9,17,19H,8H2,1H3,(H2,16,18)/t9-/m0/s1. The molecule has 4 N–H and O–H groups in total. The molecule has 1 aromatic heterocycles. The van der Waals surface area contributed by atoms with Crippen molar-refractivity contribution in [1.82, 2.24) is 5.32 Å². The van der Waals surface area contributed by atoms with Gasteiger partial charge in [-0.1, -0.05) is 5.16 Å². The number of furan rings is 1. The first kappa shape index (κ1) is 14.1. The van der Waals surface area contributed by atoms with Gasteiger partial charge >= 0.3 is 0 Å². The molecule has 20 heavy (non-hydrogen) atoms. The second-order valence-corrected chi connectivity index (χ2v) is 4.45. The van der Waals surface area contributed by atoms with E-state index in [2.05, 4.69) is 10.5 Å². The summed E-state index contributed by atoms with van der Waals surface area (Å²) in [5, 5.41) is 14.7. The molecule has 2 aromatic rings. The average molecular weight is 277 g/mol.